The highest BCUT2D eigenvalue weighted by atomic mass is 35.5. The van der Waals surface area contributed by atoms with Crippen molar-refractivity contribution in [3.05, 3.63) is 0 Å². The van der Waals surface area contributed by atoms with Gasteiger partial charge in [-0.15, -0.1) is 11.6 Å². The van der Waals surface area contributed by atoms with Crippen molar-refractivity contribution in [2.75, 3.05) is 0 Å². The Hall–Kier alpha value is -0.0700. The molecule has 0 unspecified atom stereocenters. The minimum Gasteiger partial charge on any atom is -0.305 e. The quantitative estimate of drug-likeness (QED) is 0.566. The summed E-state index contributed by atoms with van der Waals surface area (Å²) in [6.45, 7) is 8.75. The Morgan fingerprint density at radius 3 is 1.94 bits per heavy atom. The lowest BCUT2D eigenvalue weighted by atomic mass is 10.2. The van der Waals surface area contributed by atoms with Crippen LogP contribution in [0.3, 0.4) is 0 Å². The molecular formula is C11H19ClNO3P. The third-order valence-corrected chi connectivity index (χ3v) is 6.78. The van der Waals surface area contributed by atoms with E-state index < -0.39 is 17.6 Å². The molecule has 1 aliphatic rings. The summed E-state index contributed by atoms with van der Waals surface area (Å²) in [5, 5.41) is 9.07. The molecule has 1 saturated carbocycles. The van der Waals surface area contributed by atoms with Crippen LogP contribution in [0.1, 0.15) is 41.0 Å². The van der Waals surface area contributed by atoms with Crippen LogP contribution in [0.5, 0.6) is 0 Å². The molecule has 1 aliphatic carbocycles. The van der Waals surface area contributed by atoms with Crippen LogP contribution < -0.4 is 0 Å². The van der Waals surface area contributed by atoms with Crippen molar-refractivity contribution in [3.63, 3.8) is 0 Å². The molecule has 98 valence electrons. The first kappa shape index (κ1) is 15.0. The fourth-order valence-corrected chi connectivity index (χ4v) is 4.90. The van der Waals surface area contributed by atoms with Gasteiger partial charge in [-0.2, -0.15) is 5.26 Å². The Morgan fingerprint density at radius 2 is 1.71 bits per heavy atom. The first-order valence-corrected chi connectivity index (χ1v) is 7.59. The Kier molecular flexibility index (Phi) is 4.01. The molecule has 0 bridgehead atoms. The molecule has 1 rings (SSSR count). The van der Waals surface area contributed by atoms with Gasteiger partial charge in [-0.25, -0.2) is 0 Å². The van der Waals surface area contributed by atoms with Gasteiger partial charge in [-0.05, 0) is 34.6 Å². The van der Waals surface area contributed by atoms with E-state index in [9.17, 15) is 4.57 Å². The van der Waals surface area contributed by atoms with E-state index in [1.807, 2.05) is 0 Å². The third kappa shape index (κ3) is 2.53. The molecular weight excluding hydrogens is 261 g/mol. The topological polar surface area (TPSA) is 59.3 Å². The van der Waals surface area contributed by atoms with E-state index in [1.54, 1.807) is 34.6 Å². The smallest absolute Gasteiger partial charge is 0.305 e. The summed E-state index contributed by atoms with van der Waals surface area (Å²) in [4.78, 5) is 0. The molecule has 0 N–H and O–H groups in total. The van der Waals surface area contributed by atoms with Gasteiger partial charge in [-0.3, -0.25) is 4.57 Å². The van der Waals surface area contributed by atoms with Crippen molar-refractivity contribution in [1.29, 1.82) is 5.26 Å². The number of nitriles is 1. The Bertz CT molecular complexity index is 379. The molecule has 0 aromatic rings. The largest absolute Gasteiger partial charge is 0.353 e. The van der Waals surface area contributed by atoms with Gasteiger partial charge in [0.15, 0.2) is 4.62 Å². The number of hydrogen-bond donors (Lipinski definition) is 0. The zero-order valence-electron chi connectivity index (χ0n) is 10.9. The van der Waals surface area contributed by atoms with Crippen molar-refractivity contribution in [2.45, 2.75) is 57.9 Å². The van der Waals surface area contributed by atoms with Gasteiger partial charge < -0.3 is 9.05 Å². The minimum atomic E-state index is -3.50. The lowest BCUT2D eigenvalue weighted by molar-refractivity contribution is 0.138. The highest BCUT2D eigenvalue weighted by Gasteiger charge is 2.76. The fourth-order valence-electron chi connectivity index (χ4n) is 1.70. The van der Waals surface area contributed by atoms with Crippen molar-refractivity contribution >= 4 is 19.2 Å². The van der Waals surface area contributed by atoms with Gasteiger partial charge >= 0.3 is 7.60 Å². The number of rotatable bonds is 5. The molecule has 6 heteroatoms. The maximum Gasteiger partial charge on any atom is 0.353 e. The van der Waals surface area contributed by atoms with Gasteiger partial charge in [0, 0.05) is 6.42 Å². The predicted molar refractivity (Wildman–Crippen MR) is 67.0 cm³/mol. The van der Waals surface area contributed by atoms with Crippen LogP contribution in [0.15, 0.2) is 0 Å². The molecule has 0 aromatic heterocycles. The summed E-state index contributed by atoms with van der Waals surface area (Å²) in [6.07, 6.45) is -0.202. The molecule has 2 atom stereocenters. The van der Waals surface area contributed by atoms with Gasteiger partial charge in [0.05, 0.1) is 23.7 Å². The maximum absolute atomic E-state index is 12.8. The third-order valence-electron chi connectivity index (χ3n) is 2.69. The molecule has 0 aromatic carbocycles. The number of halogens is 1. The van der Waals surface area contributed by atoms with Crippen LogP contribution >= 0.6 is 19.2 Å². The SMILES string of the molecule is CC(C)OP(=O)(OC(C)C)[C@]1(Cl)C[C@@]1(C)C#N. The average molecular weight is 280 g/mol. The van der Waals surface area contributed by atoms with Crippen molar-refractivity contribution in [2.24, 2.45) is 5.41 Å². The molecule has 0 heterocycles. The fraction of sp³-hybridized carbons (Fsp3) is 0.909. The van der Waals surface area contributed by atoms with E-state index in [0.717, 1.165) is 0 Å². The molecule has 4 nitrogen and oxygen atoms in total. The highest BCUT2D eigenvalue weighted by Crippen LogP contribution is 2.82. The molecule has 17 heavy (non-hydrogen) atoms. The zero-order valence-corrected chi connectivity index (χ0v) is 12.5. The monoisotopic (exact) mass is 279 g/mol. The van der Waals surface area contributed by atoms with Crippen LogP contribution in [0.2, 0.25) is 0 Å². The van der Waals surface area contributed by atoms with Crippen LogP contribution in [0, 0.1) is 16.7 Å². The first-order chi connectivity index (χ1) is 7.60. The number of alkyl halides is 1. The van der Waals surface area contributed by atoms with Crippen LogP contribution in [0.4, 0.5) is 0 Å². The molecule has 0 amide bonds. The standard InChI is InChI=1S/C11H19ClNO3P/c1-8(2)15-17(14,16-9(3)4)11(12)6-10(11,5)7-13/h8-9H,6H2,1-5H3/t10-,11+/m0/s1. The van der Waals surface area contributed by atoms with Crippen molar-refractivity contribution < 1.29 is 13.6 Å². The molecule has 0 spiro atoms. The van der Waals surface area contributed by atoms with Crippen molar-refractivity contribution in [3.8, 4) is 6.07 Å². The number of hydrogen-bond acceptors (Lipinski definition) is 4. The maximum atomic E-state index is 12.8. The van der Waals surface area contributed by atoms with E-state index in [-0.39, 0.29) is 12.2 Å². The van der Waals surface area contributed by atoms with Crippen LogP contribution in [-0.4, -0.2) is 16.8 Å². The minimum absolute atomic E-state index is 0.265. The lowest BCUT2D eigenvalue weighted by Crippen LogP contribution is -2.19. The Balaban J connectivity index is 3.02. The highest BCUT2D eigenvalue weighted by molar-refractivity contribution is 7.58. The Morgan fingerprint density at radius 1 is 1.29 bits per heavy atom. The molecule has 0 saturated heterocycles. The second-order valence-corrected chi connectivity index (χ2v) is 8.27. The second-order valence-electron chi connectivity index (χ2n) is 5.19. The summed E-state index contributed by atoms with van der Waals surface area (Å²) in [6, 6.07) is 2.09. The number of nitrogens with zero attached hydrogens (tertiary/aromatic N) is 1. The lowest BCUT2D eigenvalue weighted by Gasteiger charge is -2.27. The average Bonchev–Trinajstić information content (AvgIpc) is 2.69. The first-order valence-electron chi connectivity index (χ1n) is 5.67. The van der Waals surface area contributed by atoms with Gasteiger partial charge in [0.25, 0.3) is 0 Å². The molecule has 0 radical (unpaired) electrons. The second kappa shape index (κ2) is 4.55. The predicted octanol–water partition coefficient (Wildman–Crippen LogP) is 3.90. The van der Waals surface area contributed by atoms with Crippen LogP contribution in [0.25, 0.3) is 0 Å². The van der Waals surface area contributed by atoms with Crippen LogP contribution in [-0.2, 0) is 13.6 Å². The van der Waals surface area contributed by atoms with Crippen molar-refractivity contribution in [1.82, 2.24) is 0 Å². The van der Waals surface area contributed by atoms with E-state index in [4.69, 9.17) is 25.9 Å². The summed E-state index contributed by atoms with van der Waals surface area (Å²) >= 11 is 6.31. The zero-order chi connectivity index (χ0) is 13.5. The molecule has 0 aliphatic heterocycles. The van der Waals surface area contributed by atoms with Gasteiger partial charge in [0.1, 0.15) is 0 Å². The van der Waals surface area contributed by atoms with E-state index in [0.29, 0.717) is 6.42 Å². The van der Waals surface area contributed by atoms with Gasteiger partial charge in [-0.1, -0.05) is 0 Å². The normalized spacial score (nSPS) is 32.9. The van der Waals surface area contributed by atoms with E-state index in [2.05, 4.69) is 6.07 Å². The summed E-state index contributed by atoms with van der Waals surface area (Å²) in [5.74, 6) is 0. The molecule has 1 fully saturated rings. The summed E-state index contributed by atoms with van der Waals surface area (Å²) < 4.78 is 22.4. The summed E-state index contributed by atoms with van der Waals surface area (Å²) in [7, 11) is -3.50. The van der Waals surface area contributed by atoms with E-state index in [1.165, 1.54) is 0 Å². The summed E-state index contributed by atoms with van der Waals surface area (Å²) in [5.41, 5.74) is -0.839. The van der Waals surface area contributed by atoms with Gasteiger partial charge in [0.2, 0.25) is 0 Å². The van der Waals surface area contributed by atoms with E-state index >= 15 is 0 Å². The Labute approximate surface area is 108 Å².